The monoisotopic (exact) mass is 464 g/mol. The van der Waals surface area contributed by atoms with Gasteiger partial charge in [0.15, 0.2) is 12.2 Å². The third kappa shape index (κ3) is 4.71. The van der Waals surface area contributed by atoms with Crippen LogP contribution in [0.3, 0.4) is 0 Å². The Morgan fingerprint density at radius 3 is 2.47 bits per heavy atom. The van der Waals surface area contributed by atoms with Crippen LogP contribution in [-0.2, 0) is 11.3 Å². The maximum atomic E-state index is 12.0. The van der Waals surface area contributed by atoms with Crippen molar-refractivity contribution < 1.29 is 13.9 Å². The number of oxazole rings is 1. The molecule has 0 aliphatic heterocycles. The van der Waals surface area contributed by atoms with Gasteiger partial charge in [0, 0.05) is 16.6 Å². The molecule has 0 saturated heterocycles. The number of aromatic nitrogens is 1. The Hall–Kier alpha value is -3.12. The fraction of sp³-hybridized carbons (Fsp3) is 0.167. The summed E-state index contributed by atoms with van der Waals surface area (Å²) in [4.78, 5) is 16.6. The van der Waals surface area contributed by atoms with Gasteiger partial charge in [-0.3, -0.25) is 4.79 Å². The lowest BCUT2D eigenvalue weighted by Gasteiger charge is -2.08. The van der Waals surface area contributed by atoms with Gasteiger partial charge in [0.25, 0.3) is 5.91 Å². The first kappa shape index (κ1) is 20.2. The first-order chi connectivity index (χ1) is 14.5. The summed E-state index contributed by atoms with van der Waals surface area (Å²) < 4.78 is 12.4. The van der Waals surface area contributed by atoms with E-state index < -0.39 is 0 Å². The van der Waals surface area contributed by atoms with E-state index in [1.54, 1.807) is 0 Å². The minimum atomic E-state index is -0.174. The standard InChI is InChI=1S/C24H21BrN2O3/c1-15-11-21-22(12-16(15)2)30-24(27-21)18-5-3-17(4-6-18)13-26-23(28)14-29-20-9-7-19(25)8-10-20/h3-12H,13-14H2,1-2H3,(H,26,28). The Bertz CT molecular complexity index is 1140. The molecule has 1 heterocycles. The molecular weight excluding hydrogens is 444 g/mol. The summed E-state index contributed by atoms with van der Waals surface area (Å²) in [6.07, 6.45) is 0. The molecule has 0 atom stereocenters. The molecule has 0 radical (unpaired) electrons. The zero-order valence-corrected chi connectivity index (χ0v) is 18.3. The molecule has 0 bridgehead atoms. The van der Waals surface area contributed by atoms with Gasteiger partial charge in [-0.15, -0.1) is 0 Å². The average molecular weight is 465 g/mol. The zero-order chi connectivity index (χ0) is 21.1. The quantitative estimate of drug-likeness (QED) is 0.405. The van der Waals surface area contributed by atoms with Gasteiger partial charge in [-0.2, -0.15) is 0 Å². The minimum absolute atomic E-state index is 0.0263. The Labute approximate surface area is 183 Å². The van der Waals surface area contributed by atoms with Gasteiger partial charge in [0.05, 0.1) is 0 Å². The number of carbonyl (C=O) groups excluding carboxylic acids is 1. The van der Waals surface area contributed by atoms with E-state index in [0.717, 1.165) is 26.7 Å². The predicted molar refractivity (Wildman–Crippen MR) is 120 cm³/mol. The number of nitrogens with zero attached hydrogens (tertiary/aromatic N) is 1. The van der Waals surface area contributed by atoms with Gasteiger partial charge < -0.3 is 14.5 Å². The summed E-state index contributed by atoms with van der Waals surface area (Å²) in [5, 5.41) is 2.86. The van der Waals surface area contributed by atoms with Crippen molar-refractivity contribution in [2.45, 2.75) is 20.4 Å². The SMILES string of the molecule is Cc1cc2nc(-c3ccc(CNC(=O)COc4ccc(Br)cc4)cc3)oc2cc1C. The molecule has 152 valence electrons. The number of fused-ring (bicyclic) bond motifs is 1. The Kier molecular flexibility index (Phi) is 5.86. The fourth-order valence-corrected chi connectivity index (χ4v) is 3.26. The Morgan fingerprint density at radius 1 is 1.03 bits per heavy atom. The molecule has 1 N–H and O–H groups in total. The lowest BCUT2D eigenvalue weighted by atomic mass is 10.1. The van der Waals surface area contributed by atoms with E-state index in [1.807, 2.05) is 60.7 Å². The maximum absolute atomic E-state index is 12.0. The van der Waals surface area contributed by atoms with Crippen LogP contribution in [0.15, 0.2) is 69.6 Å². The Morgan fingerprint density at radius 2 is 1.73 bits per heavy atom. The van der Waals surface area contributed by atoms with Gasteiger partial charge in [-0.1, -0.05) is 28.1 Å². The number of nitrogens with one attached hydrogen (secondary N) is 1. The van der Waals surface area contributed by atoms with Gasteiger partial charge in [-0.25, -0.2) is 4.98 Å². The predicted octanol–water partition coefficient (Wildman–Crippen LogP) is 5.57. The summed E-state index contributed by atoms with van der Waals surface area (Å²) >= 11 is 3.37. The lowest BCUT2D eigenvalue weighted by Crippen LogP contribution is -2.28. The molecule has 0 fully saturated rings. The van der Waals surface area contributed by atoms with E-state index in [1.165, 1.54) is 11.1 Å². The van der Waals surface area contributed by atoms with Crippen molar-refractivity contribution in [2.24, 2.45) is 0 Å². The van der Waals surface area contributed by atoms with E-state index in [-0.39, 0.29) is 12.5 Å². The molecule has 0 aliphatic carbocycles. The normalized spacial score (nSPS) is 10.9. The van der Waals surface area contributed by atoms with Crippen molar-refractivity contribution in [3.05, 3.63) is 81.8 Å². The van der Waals surface area contributed by atoms with E-state index in [2.05, 4.69) is 40.1 Å². The van der Waals surface area contributed by atoms with Crippen LogP contribution in [0.1, 0.15) is 16.7 Å². The van der Waals surface area contributed by atoms with Crippen LogP contribution in [0.5, 0.6) is 5.75 Å². The first-order valence-corrected chi connectivity index (χ1v) is 10.4. The summed E-state index contributed by atoms with van der Waals surface area (Å²) in [5.41, 5.74) is 5.90. The smallest absolute Gasteiger partial charge is 0.258 e. The second-order valence-corrected chi connectivity index (χ2v) is 8.06. The fourth-order valence-electron chi connectivity index (χ4n) is 3.00. The van der Waals surface area contributed by atoms with Crippen LogP contribution >= 0.6 is 15.9 Å². The van der Waals surface area contributed by atoms with Crippen molar-refractivity contribution in [2.75, 3.05) is 6.61 Å². The molecule has 0 spiro atoms. The van der Waals surface area contributed by atoms with Gasteiger partial charge in [-0.05, 0) is 79.1 Å². The van der Waals surface area contributed by atoms with Crippen LogP contribution < -0.4 is 10.1 Å². The van der Waals surface area contributed by atoms with Crippen LogP contribution in [0.25, 0.3) is 22.6 Å². The van der Waals surface area contributed by atoms with E-state index >= 15 is 0 Å². The highest BCUT2D eigenvalue weighted by atomic mass is 79.9. The summed E-state index contributed by atoms with van der Waals surface area (Å²) in [7, 11) is 0. The second-order valence-electron chi connectivity index (χ2n) is 7.14. The Balaban J connectivity index is 1.34. The molecule has 30 heavy (non-hydrogen) atoms. The molecule has 4 rings (SSSR count). The summed E-state index contributed by atoms with van der Waals surface area (Å²) in [5.74, 6) is 1.07. The van der Waals surface area contributed by atoms with Crippen molar-refractivity contribution in [3.63, 3.8) is 0 Å². The highest BCUT2D eigenvalue weighted by Crippen LogP contribution is 2.26. The number of hydrogen-bond acceptors (Lipinski definition) is 4. The molecule has 1 amide bonds. The number of amides is 1. The molecule has 4 aromatic rings. The molecule has 0 aliphatic rings. The molecular formula is C24H21BrN2O3. The van der Waals surface area contributed by atoms with Crippen molar-refractivity contribution in [3.8, 4) is 17.2 Å². The van der Waals surface area contributed by atoms with E-state index in [0.29, 0.717) is 18.2 Å². The number of halogens is 1. The van der Waals surface area contributed by atoms with Crippen molar-refractivity contribution >= 4 is 32.9 Å². The number of ether oxygens (including phenoxy) is 1. The third-order valence-corrected chi connectivity index (χ3v) is 5.41. The molecule has 0 saturated carbocycles. The van der Waals surface area contributed by atoms with Crippen LogP contribution in [-0.4, -0.2) is 17.5 Å². The largest absolute Gasteiger partial charge is 0.484 e. The highest BCUT2D eigenvalue weighted by Gasteiger charge is 2.10. The van der Waals surface area contributed by atoms with Crippen molar-refractivity contribution in [1.82, 2.24) is 10.3 Å². The maximum Gasteiger partial charge on any atom is 0.258 e. The number of aryl methyl sites for hydroxylation is 2. The van der Waals surface area contributed by atoms with Crippen LogP contribution in [0.4, 0.5) is 0 Å². The number of carbonyl (C=O) groups is 1. The topological polar surface area (TPSA) is 64.4 Å². The van der Waals surface area contributed by atoms with E-state index in [4.69, 9.17) is 9.15 Å². The minimum Gasteiger partial charge on any atom is -0.484 e. The van der Waals surface area contributed by atoms with E-state index in [9.17, 15) is 4.79 Å². The van der Waals surface area contributed by atoms with Gasteiger partial charge >= 0.3 is 0 Å². The first-order valence-electron chi connectivity index (χ1n) is 9.60. The molecule has 0 unspecified atom stereocenters. The highest BCUT2D eigenvalue weighted by molar-refractivity contribution is 9.10. The average Bonchev–Trinajstić information content (AvgIpc) is 3.15. The molecule has 6 heteroatoms. The third-order valence-electron chi connectivity index (χ3n) is 4.88. The summed E-state index contributed by atoms with van der Waals surface area (Å²) in [6, 6.07) is 19.2. The molecule has 5 nitrogen and oxygen atoms in total. The summed E-state index contributed by atoms with van der Waals surface area (Å²) in [6.45, 7) is 4.52. The van der Waals surface area contributed by atoms with Crippen LogP contribution in [0, 0.1) is 13.8 Å². The number of hydrogen-bond donors (Lipinski definition) is 1. The second kappa shape index (κ2) is 8.71. The van der Waals surface area contributed by atoms with Crippen LogP contribution in [0.2, 0.25) is 0 Å². The number of rotatable bonds is 6. The van der Waals surface area contributed by atoms with Gasteiger partial charge in [0.2, 0.25) is 5.89 Å². The molecule has 1 aromatic heterocycles. The van der Waals surface area contributed by atoms with Crippen molar-refractivity contribution in [1.29, 1.82) is 0 Å². The molecule has 3 aromatic carbocycles. The number of benzene rings is 3. The lowest BCUT2D eigenvalue weighted by molar-refractivity contribution is -0.123. The zero-order valence-electron chi connectivity index (χ0n) is 16.7. The van der Waals surface area contributed by atoms with Gasteiger partial charge in [0.1, 0.15) is 11.3 Å².